The lowest BCUT2D eigenvalue weighted by atomic mass is 10.1. The van der Waals surface area contributed by atoms with Gasteiger partial charge in [-0.1, -0.05) is 23.8 Å². The average Bonchev–Trinajstić information content (AvgIpc) is 2.43. The second-order valence-corrected chi connectivity index (χ2v) is 4.92. The standard InChI is InChI=1S/C17H16N2O/c1-11-6-7-15(12(2)10-11)20-16-8-9-19-17-13(16)4-3-5-14(17)18/h3-10H,18H2,1-2H3. The number of pyridine rings is 1. The van der Waals surface area contributed by atoms with Gasteiger partial charge in [0, 0.05) is 11.6 Å². The van der Waals surface area contributed by atoms with Gasteiger partial charge in [0.15, 0.2) is 0 Å². The van der Waals surface area contributed by atoms with Gasteiger partial charge < -0.3 is 10.5 Å². The van der Waals surface area contributed by atoms with Crippen LogP contribution in [0.25, 0.3) is 10.9 Å². The Morgan fingerprint density at radius 3 is 2.65 bits per heavy atom. The Bertz CT molecular complexity index is 781. The van der Waals surface area contributed by atoms with Gasteiger partial charge >= 0.3 is 0 Å². The number of nitrogens with zero attached hydrogens (tertiary/aromatic N) is 1. The normalized spacial score (nSPS) is 10.7. The minimum Gasteiger partial charge on any atom is -0.456 e. The summed E-state index contributed by atoms with van der Waals surface area (Å²) < 4.78 is 6.04. The zero-order valence-corrected chi connectivity index (χ0v) is 11.6. The number of ether oxygens (including phenoxy) is 1. The predicted octanol–water partition coefficient (Wildman–Crippen LogP) is 4.23. The van der Waals surface area contributed by atoms with E-state index in [9.17, 15) is 0 Å². The Balaban J connectivity index is 2.09. The molecular formula is C17H16N2O. The summed E-state index contributed by atoms with van der Waals surface area (Å²) in [5, 5.41) is 0.924. The molecule has 0 saturated heterocycles. The van der Waals surface area contributed by atoms with Gasteiger partial charge in [-0.25, -0.2) is 0 Å². The van der Waals surface area contributed by atoms with Crippen LogP contribution in [0.2, 0.25) is 0 Å². The maximum atomic E-state index is 6.04. The van der Waals surface area contributed by atoms with E-state index in [0.717, 1.165) is 28.0 Å². The highest BCUT2D eigenvalue weighted by Gasteiger charge is 2.07. The molecule has 0 saturated carbocycles. The van der Waals surface area contributed by atoms with Gasteiger partial charge in [-0.05, 0) is 43.7 Å². The minimum atomic E-state index is 0.661. The molecule has 0 atom stereocenters. The quantitative estimate of drug-likeness (QED) is 0.705. The van der Waals surface area contributed by atoms with Crippen molar-refractivity contribution in [2.24, 2.45) is 0 Å². The smallest absolute Gasteiger partial charge is 0.138 e. The van der Waals surface area contributed by atoms with E-state index < -0.39 is 0 Å². The van der Waals surface area contributed by atoms with Crippen LogP contribution in [0.1, 0.15) is 11.1 Å². The third-order valence-electron chi connectivity index (χ3n) is 3.31. The molecular weight excluding hydrogens is 248 g/mol. The van der Waals surface area contributed by atoms with Crippen molar-refractivity contribution in [3.05, 3.63) is 59.8 Å². The van der Waals surface area contributed by atoms with Gasteiger partial charge in [-0.2, -0.15) is 0 Å². The molecule has 3 aromatic rings. The topological polar surface area (TPSA) is 48.1 Å². The van der Waals surface area contributed by atoms with E-state index >= 15 is 0 Å². The molecule has 1 aromatic heterocycles. The molecule has 20 heavy (non-hydrogen) atoms. The Kier molecular flexibility index (Phi) is 3.03. The fourth-order valence-corrected chi connectivity index (χ4v) is 2.29. The SMILES string of the molecule is Cc1ccc(Oc2ccnc3c(N)cccc23)c(C)c1. The summed E-state index contributed by atoms with van der Waals surface area (Å²) >= 11 is 0. The molecule has 3 nitrogen and oxygen atoms in total. The average molecular weight is 264 g/mol. The van der Waals surface area contributed by atoms with Gasteiger partial charge in [-0.15, -0.1) is 0 Å². The number of rotatable bonds is 2. The maximum absolute atomic E-state index is 6.04. The first-order valence-electron chi connectivity index (χ1n) is 6.53. The van der Waals surface area contributed by atoms with E-state index in [1.165, 1.54) is 5.56 Å². The third kappa shape index (κ3) is 2.18. The summed E-state index contributed by atoms with van der Waals surface area (Å²) in [6.45, 7) is 4.11. The molecule has 0 bridgehead atoms. The van der Waals surface area contributed by atoms with Crippen molar-refractivity contribution in [2.75, 3.05) is 5.73 Å². The third-order valence-corrected chi connectivity index (χ3v) is 3.31. The van der Waals surface area contributed by atoms with E-state index in [1.807, 2.05) is 43.3 Å². The van der Waals surface area contributed by atoms with E-state index in [2.05, 4.69) is 18.0 Å². The summed E-state index contributed by atoms with van der Waals surface area (Å²) in [4.78, 5) is 4.31. The summed E-state index contributed by atoms with van der Waals surface area (Å²) in [7, 11) is 0. The Hall–Kier alpha value is -2.55. The van der Waals surface area contributed by atoms with Crippen LogP contribution < -0.4 is 10.5 Å². The molecule has 0 fully saturated rings. The molecule has 0 unspecified atom stereocenters. The number of nitrogen functional groups attached to an aromatic ring is 1. The van der Waals surface area contributed by atoms with Gasteiger partial charge in [-0.3, -0.25) is 4.98 Å². The highest BCUT2D eigenvalue weighted by molar-refractivity contribution is 5.93. The van der Waals surface area contributed by atoms with E-state index in [4.69, 9.17) is 10.5 Å². The largest absolute Gasteiger partial charge is 0.456 e. The monoisotopic (exact) mass is 264 g/mol. The fourth-order valence-electron chi connectivity index (χ4n) is 2.29. The molecule has 0 amide bonds. The lowest BCUT2D eigenvalue weighted by molar-refractivity contribution is 0.484. The number of hydrogen-bond acceptors (Lipinski definition) is 3. The number of benzene rings is 2. The highest BCUT2D eigenvalue weighted by Crippen LogP contribution is 2.32. The van der Waals surface area contributed by atoms with Crippen LogP contribution in [0.4, 0.5) is 5.69 Å². The van der Waals surface area contributed by atoms with Crippen molar-refractivity contribution in [2.45, 2.75) is 13.8 Å². The molecule has 2 aromatic carbocycles. The summed E-state index contributed by atoms with van der Waals surface area (Å²) in [6, 6.07) is 13.7. The first-order valence-corrected chi connectivity index (χ1v) is 6.53. The van der Waals surface area contributed by atoms with E-state index in [0.29, 0.717) is 5.69 Å². The number of aromatic nitrogens is 1. The van der Waals surface area contributed by atoms with Crippen molar-refractivity contribution >= 4 is 16.6 Å². The second kappa shape index (κ2) is 4.85. The van der Waals surface area contributed by atoms with Crippen LogP contribution in [0.5, 0.6) is 11.5 Å². The van der Waals surface area contributed by atoms with Crippen LogP contribution in [0, 0.1) is 13.8 Å². The molecule has 0 radical (unpaired) electrons. The number of nitrogens with two attached hydrogens (primary N) is 1. The zero-order chi connectivity index (χ0) is 14.1. The maximum Gasteiger partial charge on any atom is 0.138 e. The molecule has 0 aliphatic heterocycles. The van der Waals surface area contributed by atoms with Crippen LogP contribution in [-0.4, -0.2) is 4.98 Å². The number of hydrogen-bond donors (Lipinski definition) is 1. The number of para-hydroxylation sites is 1. The number of aryl methyl sites for hydroxylation is 2. The Morgan fingerprint density at radius 2 is 1.85 bits per heavy atom. The molecule has 2 N–H and O–H groups in total. The first kappa shape index (κ1) is 12.5. The molecule has 0 aliphatic rings. The van der Waals surface area contributed by atoms with Gasteiger partial charge in [0.25, 0.3) is 0 Å². The zero-order valence-electron chi connectivity index (χ0n) is 11.6. The first-order chi connectivity index (χ1) is 9.65. The number of anilines is 1. The van der Waals surface area contributed by atoms with Crippen molar-refractivity contribution in [1.82, 2.24) is 4.98 Å². The van der Waals surface area contributed by atoms with Crippen LogP contribution in [0.15, 0.2) is 48.7 Å². The molecule has 100 valence electrons. The van der Waals surface area contributed by atoms with E-state index in [1.54, 1.807) is 6.20 Å². The van der Waals surface area contributed by atoms with Crippen molar-refractivity contribution < 1.29 is 4.74 Å². The number of fused-ring (bicyclic) bond motifs is 1. The Labute approximate surface area is 118 Å². The second-order valence-electron chi connectivity index (χ2n) is 4.92. The Morgan fingerprint density at radius 1 is 1.00 bits per heavy atom. The van der Waals surface area contributed by atoms with Crippen LogP contribution in [-0.2, 0) is 0 Å². The van der Waals surface area contributed by atoms with Crippen molar-refractivity contribution in [3.8, 4) is 11.5 Å². The molecule has 3 heteroatoms. The molecule has 0 aliphatic carbocycles. The van der Waals surface area contributed by atoms with Crippen LogP contribution >= 0.6 is 0 Å². The lowest BCUT2D eigenvalue weighted by Crippen LogP contribution is -1.93. The molecule has 1 heterocycles. The molecule has 3 rings (SSSR count). The predicted molar refractivity (Wildman–Crippen MR) is 82.1 cm³/mol. The summed E-state index contributed by atoms with van der Waals surface area (Å²) in [6.07, 6.45) is 1.72. The van der Waals surface area contributed by atoms with Gasteiger partial charge in [0.2, 0.25) is 0 Å². The highest BCUT2D eigenvalue weighted by atomic mass is 16.5. The molecule has 0 spiro atoms. The van der Waals surface area contributed by atoms with Crippen molar-refractivity contribution in [1.29, 1.82) is 0 Å². The van der Waals surface area contributed by atoms with Gasteiger partial charge in [0.05, 0.1) is 11.2 Å². The van der Waals surface area contributed by atoms with Crippen LogP contribution in [0.3, 0.4) is 0 Å². The van der Waals surface area contributed by atoms with Gasteiger partial charge in [0.1, 0.15) is 11.5 Å². The lowest BCUT2D eigenvalue weighted by Gasteiger charge is -2.12. The summed E-state index contributed by atoms with van der Waals surface area (Å²) in [5.74, 6) is 1.62. The summed E-state index contributed by atoms with van der Waals surface area (Å²) in [5.41, 5.74) is 9.71. The fraction of sp³-hybridized carbons (Fsp3) is 0.118. The van der Waals surface area contributed by atoms with E-state index in [-0.39, 0.29) is 0 Å². The minimum absolute atomic E-state index is 0.661. The van der Waals surface area contributed by atoms with Crippen molar-refractivity contribution in [3.63, 3.8) is 0 Å².